The van der Waals surface area contributed by atoms with Crippen LogP contribution in [0.3, 0.4) is 0 Å². The second-order valence-corrected chi connectivity index (χ2v) is 8.85. The summed E-state index contributed by atoms with van der Waals surface area (Å²) in [7, 11) is 4.06. The van der Waals surface area contributed by atoms with E-state index in [4.69, 9.17) is 15.0 Å². The molecule has 0 saturated heterocycles. The second kappa shape index (κ2) is 10.1. The summed E-state index contributed by atoms with van der Waals surface area (Å²) in [5.74, 6) is 1.68. The molecule has 0 atom stereocenters. The summed E-state index contributed by atoms with van der Waals surface area (Å²) in [5.41, 5.74) is 3.14. The van der Waals surface area contributed by atoms with Gasteiger partial charge in [-0.1, -0.05) is 43.8 Å². The van der Waals surface area contributed by atoms with E-state index in [1.807, 2.05) is 32.3 Å². The quantitative estimate of drug-likeness (QED) is 0.417. The first-order valence-electron chi connectivity index (χ1n) is 11.4. The van der Waals surface area contributed by atoms with Crippen molar-refractivity contribution in [2.75, 3.05) is 24.3 Å². The van der Waals surface area contributed by atoms with Gasteiger partial charge in [0.25, 0.3) is 0 Å². The molecular formula is C27H34N6. The van der Waals surface area contributed by atoms with E-state index in [2.05, 4.69) is 58.0 Å². The molecule has 1 aliphatic rings. The fourth-order valence-corrected chi connectivity index (χ4v) is 4.55. The molecule has 2 aromatic carbocycles. The van der Waals surface area contributed by atoms with Crippen molar-refractivity contribution in [2.24, 2.45) is 0 Å². The van der Waals surface area contributed by atoms with Crippen molar-refractivity contribution in [2.45, 2.75) is 51.7 Å². The molecule has 4 aromatic rings. The average Bonchev–Trinajstić information content (AvgIpc) is 2.83. The van der Waals surface area contributed by atoms with Crippen LogP contribution in [-0.2, 0) is 6.54 Å². The largest absolute Gasteiger partial charge is 0.362 e. The third-order valence-electron chi connectivity index (χ3n) is 6.30. The average molecular weight is 443 g/mol. The van der Waals surface area contributed by atoms with E-state index in [0.717, 1.165) is 66.1 Å². The maximum Gasteiger partial charge on any atom is 0.225 e. The van der Waals surface area contributed by atoms with Crippen molar-refractivity contribution in [3.63, 3.8) is 0 Å². The van der Waals surface area contributed by atoms with Crippen molar-refractivity contribution in [1.82, 2.24) is 20.3 Å². The number of rotatable bonds is 6. The summed E-state index contributed by atoms with van der Waals surface area (Å²) in [6.07, 6.45) is 4.49. The molecule has 0 aliphatic heterocycles. The second-order valence-electron chi connectivity index (χ2n) is 8.85. The molecule has 0 radical (unpaired) electrons. The molecule has 2 heterocycles. The van der Waals surface area contributed by atoms with Crippen LogP contribution >= 0.6 is 0 Å². The van der Waals surface area contributed by atoms with Gasteiger partial charge in [0.2, 0.25) is 5.95 Å². The predicted molar refractivity (Wildman–Crippen MR) is 139 cm³/mol. The van der Waals surface area contributed by atoms with Gasteiger partial charge in [-0.05, 0) is 49.9 Å². The number of pyridine rings is 1. The van der Waals surface area contributed by atoms with E-state index in [1.165, 1.54) is 5.39 Å². The molecule has 6 heteroatoms. The summed E-state index contributed by atoms with van der Waals surface area (Å²) >= 11 is 0. The zero-order chi connectivity index (χ0) is 21.9. The minimum atomic E-state index is 0. The Labute approximate surface area is 196 Å². The molecule has 33 heavy (non-hydrogen) atoms. The highest BCUT2D eigenvalue weighted by Gasteiger charge is 2.22. The summed E-state index contributed by atoms with van der Waals surface area (Å²) in [6, 6.07) is 21.7. The standard InChI is InChI=1S/C26H30N6.CH4/c1-32(2)25-22-8-4-6-10-24(22)30-26(31-25)29-20-15-13-19(14-16-20)27-17-21-12-11-18-7-3-5-9-23(18)28-21;/h3-12,19-20,27H,13-17H2,1-2H3,(H,29,30,31);1H4. The monoisotopic (exact) mass is 442 g/mol. The highest BCUT2D eigenvalue weighted by molar-refractivity contribution is 5.90. The van der Waals surface area contributed by atoms with Gasteiger partial charge in [-0.15, -0.1) is 0 Å². The Kier molecular flexibility index (Phi) is 7.04. The van der Waals surface area contributed by atoms with Crippen LogP contribution in [0.5, 0.6) is 0 Å². The minimum Gasteiger partial charge on any atom is -0.362 e. The van der Waals surface area contributed by atoms with E-state index in [0.29, 0.717) is 12.1 Å². The minimum absolute atomic E-state index is 0. The van der Waals surface area contributed by atoms with Crippen LogP contribution < -0.4 is 15.5 Å². The van der Waals surface area contributed by atoms with Gasteiger partial charge >= 0.3 is 0 Å². The highest BCUT2D eigenvalue weighted by atomic mass is 15.2. The van der Waals surface area contributed by atoms with Crippen molar-refractivity contribution in [3.8, 4) is 0 Å². The van der Waals surface area contributed by atoms with E-state index in [-0.39, 0.29) is 7.43 Å². The van der Waals surface area contributed by atoms with E-state index in [1.54, 1.807) is 0 Å². The molecule has 1 aliphatic carbocycles. The number of nitrogens with one attached hydrogen (secondary N) is 2. The molecule has 172 valence electrons. The normalized spacial score (nSPS) is 18.1. The van der Waals surface area contributed by atoms with Gasteiger partial charge in [-0.2, -0.15) is 4.98 Å². The Hall–Kier alpha value is -3.25. The zero-order valence-corrected chi connectivity index (χ0v) is 18.8. The number of anilines is 2. The molecule has 1 fully saturated rings. The predicted octanol–water partition coefficient (Wildman–Crippen LogP) is 5.39. The van der Waals surface area contributed by atoms with Crippen LogP contribution in [0, 0.1) is 0 Å². The van der Waals surface area contributed by atoms with Crippen molar-refractivity contribution >= 4 is 33.6 Å². The zero-order valence-electron chi connectivity index (χ0n) is 18.8. The molecule has 2 aromatic heterocycles. The summed E-state index contributed by atoms with van der Waals surface area (Å²) in [6.45, 7) is 0.813. The van der Waals surface area contributed by atoms with Crippen LogP contribution in [0.15, 0.2) is 60.7 Å². The third kappa shape index (κ3) is 5.22. The van der Waals surface area contributed by atoms with Crippen molar-refractivity contribution in [1.29, 1.82) is 0 Å². The van der Waals surface area contributed by atoms with Crippen LogP contribution in [0.4, 0.5) is 11.8 Å². The lowest BCUT2D eigenvalue weighted by molar-refractivity contribution is 0.351. The van der Waals surface area contributed by atoms with Gasteiger partial charge < -0.3 is 15.5 Å². The summed E-state index contributed by atoms with van der Waals surface area (Å²) in [5, 5.41) is 9.57. The SMILES string of the molecule is C.CN(C)c1nc(NC2CCC(NCc3ccc4ccccc4n3)CC2)nc2ccccc12. The summed E-state index contributed by atoms with van der Waals surface area (Å²) in [4.78, 5) is 16.4. The van der Waals surface area contributed by atoms with E-state index in [9.17, 15) is 0 Å². The maximum atomic E-state index is 4.79. The molecule has 0 bridgehead atoms. The molecular weight excluding hydrogens is 408 g/mol. The van der Waals surface area contributed by atoms with Gasteiger partial charge in [0.1, 0.15) is 5.82 Å². The Balaban J connectivity index is 0.00000259. The first-order chi connectivity index (χ1) is 15.7. The number of hydrogen-bond acceptors (Lipinski definition) is 6. The molecule has 1 saturated carbocycles. The van der Waals surface area contributed by atoms with Gasteiger partial charge in [0.05, 0.1) is 16.7 Å². The topological polar surface area (TPSA) is 66.0 Å². The number of hydrogen-bond donors (Lipinski definition) is 2. The molecule has 0 unspecified atom stereocenters. The first kappa shape index (κ1) is 22.9. The summed E-state index contributed by atoms with van der Waals surface area (Å²) < 4.78 is 0. The Bertz CT molecular complexity index is 1210. The van der Waals surface area contributed by atoms with Crippen LogP contribution in [0.1, 0.15) is 38.8 Å². The molecule has 0 spiro atoms. The lowest BCUT2D eigenvalue weighted by Crippen LogP contribution is -2.37. The Morgan fingerprint density at radius 3 is 2.27 bits per heavy atom. The first-order valence-corrected chi connectivity index (χ1v) is 11.4. The molecule has 0 amide bonds. The van der Waals surface area contributed by atoms with Gasteiger partial charge in [-0.3, -0.25) is 4.98 Å². The number of para-hydroxylation sites is 2. The fraction of sp³-hybridized carbons (Fsp3) is 0.370. The Morgan fingerprint density at radius 1 is 0.788 bits per heavy atom. The van der Waals surface area contributed by atoms with Crippen molar-refractivity contribution < 1.29 is 0 Å². The lowest BCUT2D eigenvalue weighted by Gasteiger charge is -2.30. The number of nitrogens with zero attached hydrogens (tertiary/aromatic N) is 4. The maximum absolute atomic E-state index is 4.79. The van der Waals surface area contributed by atoms with Crippen LogP contribution in [0.2, 0.25) is 0 Å². The van der Waals surface area contributed by atoms with Gasteiger partial charge in [0.15, 0.2) is 0 Å². The smallest absolute Gasteiger partial charge is 0.225 e. The molecule has 6 nitrogen and oxygen atoms in total. The van der Waals surface area contributed by atoms with E-state index < -0.39 is 0 Å². The number of aromatic nitrogens is 3. The van der Waals surface area contributed by atoms with Gasteiger partial charge in [-0.25, -0.2) is 4.98 Å². The molecule has 5 rings (SSSR count). The van der Waals surface area contributed by atoms with E-state index >= 15 is 0 Å². The fourth-order valence-electron chi connectivity index (χ4n) is 4.55. The van der Waals surface area contributed by atoms with Crippen molar-refractivity contribution in [3.05, 3.63) is 66.4 Å². The highest BCUT2D eigenvalue weighted by Crippen LogP contribution is 2.26. The number of fused-ring (bicyclic) bond motifs is 2. The number of benzene rings is 2. The Morgan fingerprint density at radius 2 is 1.48 bits per heavy atom. The third-order valence-corrected chi connectivity index (χ3v) is 6.30. The van der Waals surface area contributed by atoms with Crippen LogP contribution in [-0.4, -0.2) is 41.1 Å². The van der Waals surface area contributed by atoms with Crippen LogP contribution in [0.25, 0.3) is 21.8 Å². The van der Waals surface area contributed by atoms with Gasteiger partial charge in [0, 0.05) is 43.5 Å². The molecule has 2 N–H and O–H groups in total. The lowest BCUT2D eigenvalue weighted by atomic mass is 9.91.